The van der Waals surface area contributed by atoms with Crippen LogP contribution in [0.25, 0.3) is 0 Å². The average Bonchev–Trinajstić information content (AvgIpc) is 3.07. The lowest BCUT2D eigenvalue weighted by atomic mass is 10.1. The van der Waals surface area contributed by atoms with Gasteiger partial charge in [-0.05, 0) is 49.7 Å². The van der Waals surface area contributed by atoms with E-state index in [4.69, 9.17) is 9.15 Å². The third kappa shape index (κ3) is 4.51. The molecule has 0 aliphatic heterocycles. The van der Waals surface area contributed by atoms with Crippen LogP contribution in [0.1, 0.15) is 34.6 Å². The summed E-state index contributed by atoms with van der Waals surface area (Å²) in [6, 6.07) is 8.77. The maximum absolute atomic E-state index is 13.7. The molecule has 3 rings (SSSR count). The normalized spacial score (nSPS) is 11.9. The van der Waals surface area contributed by atoms with E-state index in [0.717, 1.165) is 10.7 Å². The van der Waals surface area contributed by atoms with Gasteiger partial charge in [-0.1, -0.05) is 22.0 Å². The number of carbonyl (C=O) groups is 1. The largest absolute Gasteiger partial charge is 0.416 e. The molecule has 0 fully saturated rings. The van der Waals surface area contributed by atoms with Gasteiger partial charge < -0.3 is 14.5 Å². The van der Waals surface area contributed by atoms with E-state index in [0.29, 0.717) is 11.3 Å². The first-order chi connectivity index (χ1) is 12.8. The fourth-order valence-corrected chi connectivity index (χ4v) is 2.69. The summed E-state index contributed by atoms with van der Waals surface area (Å²) in [6.45, 7) is 2.96. The summed E-state index contributed by atoms with van der Waals surface area (Å²) in [5.41, 5.74) is 0.223. The highest BCUT2D eigenvalue weighted by atomic mass is 79.9. The number of halogens is 3. The Morgan fingerprint density at radius 3 is 2.63 bits per heavy atom. The van der Waals surface area contributed by atoms with E-state index in [9.17, 15) is 13.6 Å². The quantitative estimate of drug-likeness (QED) is 0.588. The number of aromatic nitrogens is 1. The molecular formula is C19H15BrF2N2O3. The summed E-state index contributed by atoms with van der Waals surface area (Å²) in [4.78, 5) is 16.3. The Balaban J connectivity index is 1.69. The van der Waals surface area contributed by atoms with Gasteiger partial charge in [-0.2, -0.15) is 4.98 Å². The summed E-state index contributed by atoms with van der Waals surface area (Å²) in [6.07, 6.45) is 1.05. The van der Waals surface area contributed by atoms with Crippen LogP contribution < -0.4 is 10.1 Å². The van der Waals surface area contributed by atoms with Crippen LogP contribution in [0.4, 0.5) is 8.78 Å². The van der Waals surface area contributed by atoms with Gasteiger partial charge in [0.2, 0.25) is 0 Å². The number of benzene rings is 2. The van der Waals surface area contributed by atoms with E-state index in [1.807, 2.05) is 6.07 Å². The van der Waals surface area contributed by atoms with Crippen molar-refractivity contribution in [3.8, 4) is 11.8 Å². The standard InChI is InChI=1S/C19H15BrF2N2O3/c1-10-15(21)6-12(7-16(10)22)11(2)23-18(25)17-9-26-19(24-17)27-14-5-3-4-13(20)8-14/h3-9,11H,1-2H3,(H,23,25)/t11-/m1/s1. The van der Waals surface area contributed by atoms with Crippen molar-refractivity contribution < 1.29 is 22.7 Å². The molecule has 1 N–H and O–H groups in total. The number of rotatable bonds is 5. The van der Waals surface area contributed by atoms with Gasteiger partial charge in [0.05, 0.1) is 6.04 Å². The van der Waals surface area contributed by atoms with Gasteiger partial charge in [-0.25, -0.2) is 8.78 Å². The lowest BCUT2D eigenvalue weighted by Crippen LogP contribution is -2.27. The monoisotopic (exact) mass is 436 g/mol. The molecule has 0 aliphatic rings. The third-order valence-corrected chi connectivity index (χ3v) is 4.36. The molecule has 140 valence electrons. The molecule has 0 aliphatic carbocycles. The molecule has 1 aromatic heterocycles. The molecule has 0 spiro atoms. The highest BCUT2D eigenvalue weighted by Gasteiger charge is 2.18. The van der Waals surface area contributed by atoms with Gasteiger partial charge in [-0.3, -0.25) is 4.79 Å². The predicted molar refractivity (Wildman–Crippen MR) is 97.7 cm³/mol. The number of oxazole rings is 1. The minimum absolute atomic E-state index is 0.0140. The lowest BCUT2D eigenvalue weighted by molar-refractivity contribution is 0.0934. The van der Waals surface area contributed by atoms with E-state index in [1.54, 1.807) is 25.1 Å². The zero-order chi connectivity index (χ0) is 19.6. The first-order valence-electron chi connectivity index (χ1n) is 7.99. The summed E-state index contributed by atoms with van der Waals surface area (Å²) in [5, 5.41) is 2.61. The van der Waals surface area contributed by atoms with Gasteiger partial charge in [0.15, 0.2) is 5.69 Å². The average molecular weight is 437 g/mol. The van der Waals surface area contributed by atoms with Gasteiger partial charge in [0, 0.05) is 10.0 Å². The SMILES string of the molecule is Cc1c(F)cc([C@@H](C)NC(=O)c2coc(Oc3cccc(Br)c3)n2)cc1F. The molecule has 0 bridgehead atoms. The highest BCUT2D eigenvalue weighted by Crippen LogP contribution is 2.24. The predicted octanol–water partition coefficient (Wildman–Crippen LogP) is 5.31. The fourth-order valence-electron chi connectivity index (χ4n) is 2.31. The molecule has 2 aromatic carbocycles. The van der Waals surface area contributed by atoms with Crippen molar-refractivity contribution in [2.75, 3.05) is 0 Å². The Morgan fingerprint density at radius 1 is 1.26 bits per heavy atom. The number of nitrogens with one attached hydrogen (secondary N) is 1. The van der Waals surface area contributed by atoms with E-state index >= 15 is 0 Å². The topological polar surface area (TPSA) is 64.4 Å². The molecule has 1 heterocycles. The summed E-state index contributed by atoms with van der Waals surface area (Å²) >= 11 is 3.32. The van der Waals surface area contributed by atoms with Crippen LogP contribution in [0.3, 0.4) is 0 Å². The number of hydrogen-bond donors (Lipinski definition) is 1. The van der Waals surface area contributed by atoms with E-state index in [2.05, 4.69) is 26.2 Å². The van der Waals surface area contributed by atoms with Crippen LogP contribution in [0.5, 0.6) is 11.8 Å². The summed E-state index contributed by atoms with van der Waals surface area (Å²) in [7, 11) is 0. The van der Waals surface area contributed by atoms with Crippen molar-refractivity contribution in [3.63, 3.8) is 0 Å². The van der Waals surface area contributed by atoms with Gasteiger partial charge >= 0.3 is 6.08 Å². The van der Waals surface area contributed by atoms with Crippen LogP contribution in [0, 0.1) is 18.6 Å². The van der Waals surface area contributed by atoms with Crippen LogP contribution >= 0.6 is 15.9 Å². The minimum atomic E-state index is -0.669. The number of carbonyl (C=O) groups excluding carboxylic acids is 1. The molecule has 5 nitrogen and oxygen atoms in total. The lowest BCUT2D eigenvalue weighted by Gasteiger charge is -2.14. The Hall–Kier alpha value is -2.74. The molecule has 0 saturated heterocycles. The third-order valence-electron chi connectivity index (χ3n) is 3.87. The van der Waals surface area contributed by atoms with Crippen molar-refractivity contribution in [2.24, 2.45) is 0 Å². The summed E-state index contributed by atoms with van der Waals surface area (Å²) < 4.78 is 38.8. The molecule has 0 saturated carbocycles. The zero-order valence-corrected chi connectivity index (χ0v) is 16.0. The van der Waals surface area contributed by atoms with E-state index in [1.165, 1.54) is 19.1 Å². The molecule has 1 amide bonds. The molecular weight excluding hydrogens is 422 g/mol. The highest BCUT2D eigenvalue weighted by molar-refractivity contribution is 9.10. The molecule has 27 heavy (non-hydrogen) atoms. The van der Waals surface area contributed by atoms with E-state index < -0.39 is 23.6 Å². The number of hydrogen-bond acceptors (Lipinski definition) is 4. The van der Waals surface area contributed by atoms with Crippen molar-refractivity contribution >= 4 is 21.8 Å². The van der Waals surface area contributed by atoms with Crippen molar-refractivity contribution in [1.29, 1.82) is 0 Å². The molecule has 0 unspecified atom stereocenters. The first-order valence-corrected chi connectivity index (χ1v) is 8.78. The smallest absolute Gasteiger partial charge is 0.399 e. The van der Waals surface area contributed by atoms with Crippen LogP contribution in [-0.2, 0) is 0 Å². The van der Waals surface area contributed by atoms with E-state index in [-0.39, 0.29) is 17.3 Å². The Bertz CT molecular complexity index is 968. The molecule has 0 radical (unpaired) electrons. The second-order valence-electron chi connectivity index (χ2n) is 5.86. The van der Waals surface area contributed by atoms with Crippen molar-refractivity contribution in [3.05, 3.63) is 75.6 Å². The second-order valence-corrected chi connectivity index (χ2v) is 6.78. The Morgan fingerprint density at radius 2 is 1.96 bits per heavy atom. The van der Waals surface area contributed by atoms with Crippen molar-refractivity contribution in [1.82, 2.24) is 10.3 Å². The Kier molecular flexibility index (Phi) is 5.55. The van der Waals surface area contributed by atoms with Gasteiger partial charge in [0.25, 0.3) is 5.91 Å². The fraction of sp³-hybridized carbons (Fsp3) is 0.158. The number of amides is 1. The number of nitrogens with zero attached hydrogens (tertiary/aromatic N) is 1. The summed E-state index contributed by atoms with van der Waals surface area (Å²) in [5.74, 6) is -1.41. The van der Waals surface area contributed by atoms with Gasteiger partial charge in [-0.15, -0.1) is 0 Å². The molecule has 8 heteroatoms. The van der Waals surface area contributed by atoms with Crippen LogP contribution in [-0.4, -0.2) is 10.9 Å². The first kappa shape index (κ1) is 19.0. The molecule has 1 atom stereocenters. The second kappa shape index (κ2) is 7.87. The number of ether oxygens (including phenoxy) is 1. The molecule has 3 aromatic rings. The van der Waals surface area contributed by atoms with Crippen LogP contribution in [0.2, 0.25) is 0 Å². The minimum Gasteiger partial charge on any atom is -0.416 e. The Labute approximate surface area is 162 Å². The maximum atomic E-state index is 13.7. The maximum Gasteiger partial charge on any atom is 0.399 e. The van der Waals surface area contributed by atoms with Crippen molar-refractivity contribution in [2.45, 2.75) is 19.9 Å². The van der Waals surface area contributed by atoms with Crippen LogP contribution in [0.15, 0.2) is 51.6 Å². The zero-order valence-electron chi connectivity index (χ0n) is 14.4. The van der Waals surface area contributed by atoms with Gasteiger partial charge in [0.1, 0.15) is 23.6 Å².